The van der Waals surface area contributed by atoms with E-state index in [2.05, 4.69) is 4.72 Å². The molecule has 5 nitrogen and oxygen atoms in total. The summed E-state index contributed by atoms with van der Waals surface area (Å²) >= 11 is 0. The van der Waals surface area contributed by atoms with Gasteiger partial charge in [0.25, 0.3) is 10.0 Å². The van der Waals surface area contributed by atoms with Crippen molar-refractivity contribution in [3.8, 4) is 0 Å². The van der Waals surface area contributed by atoms with Crippen LogP contribution in [0.2, 0.25) is 0 Å². The minimum atomic E-state index is -3.50. The van der Waals surface area contributed by atoms with Crippen LogP contribution in [0.25, 0.3) is 0 Å². The van der Waals surface area contributed by atoms with E-state index in [0.717, 1.165) is 0 Å². The van der Waals surface area contributed by atoms with Crippen LogP contribution in [0.3, 0.4) is 0 Å². The van der Waals surface area contributed by atoms with Gasteiger partial charge < -0.3 is 10.2 Å². The lowest BCUT2D eigenvalue weighted by molar-refractivity contribution is 0.425. The average Bonchev–Trinajstić information content (AvgIpc) is 2.49. The Kier molecular flexibility index (Phi) is 3.07. The summed E-state index contributed by atoms with van der Waals surface area (Å²) in [5, 5.41) is -0.0709. The standard InChI is InChI=1S/C7H12N2O3S/c1-6-2-3-7(12-6)13(10,11)9-5-4-8/h2-3,9H,4-5,8H2,1H3. The Hall–Kier alpha value is -0.850. The van der Waals surface area contributed by atoms with Gasteiger partial charge in [-0.1, -0.05) is 0 Å². The van der Waals surface area contributed by atoms with Crippen LogP contribution in [-0.4, -0.2) is 21.5 Å². The molecule has 0 bridgehead atoms. The van der Waals surface area contributed by atoms with Gasteiger partial charge in [-0.25, -0.2) is 13.1 Å². The molecule has 0 atom stereocenters. The van der Waals surface area contributed by atoms with Gasteiger partial charge in [-0.2, -0.15) is 0 Å². The minimum Gasteiger partial charge on any atom is -0.449 e. The Morgan fingerprint density at radius 1 is 1.54 bits per heavy atom. The molecule has 0 aliphatic rings. The van der Waals surface area contributed by atoms with E-state index in [1.54, 1.807) is 13.0 Å². The third-order valence-electron chi connectivity index (χ3n) is 1.42. The van der Waals surface area contributed by atoms with Crippen molar-refractivity contribution < 1.29 is 12.8 Å². The first-order valence-electron chi connectivity index (χ1n) is 3.82. The number of aryl methyl sites for hydroxylation is 1. The molecule has 74 valence electrons. The highest BCUT2D eigenvalue weighted by Gasteiger charge is 2.16. The SMILES string of the molecule is Cc1ccc(S(=O)(=O)NCCN)o1. The van der Waals surface area contributed by atoms with Gasteiger partial charge in [0.1, 0.15) is 5.76 Å². The normalized spacial score (nSPS) is 11.8. The second-order valence-corrected chi connectivity index (χ2v) is 4.25. The minimum absolute atomic E-state index is 0.0709. The smallest absolute Gasteiger partial charge is 0.274 e. The van der Waals surface area contributed by atoms with Crippen LogP contribution in [0.4, 0.5) is 0 Å². The van der Waals surface area contributed by atoms with Crippen LogP contribution in [0.5, 0.6) is 0 Å². The quantitative estimate of drug-likeness (QED) is 0.712. The molecule has 0 amide bonds. The van der Waals surface area contributed by atoms with E-state index in [0.29, 0.717) is 5.76 Å². The van der Waals surface area contributed by atoms with Crippen molar-refractivity contribution in [3.63, 3.8) is 0 Å². The van der Waals surface area contributed by atoms with Crippen molar-refractivity contribution in [2.75, 3.05) is 13.1 Å². The van der Waals surface area contributed by atoms with Gasteiger partial charge in [0, 0.05) is 13.1 Å². The Labute approximate surface area is 77.0 Å². The van der Waals surface area contributed by atoms with Crippen molar-refractivity contribution >= 4 is 10.0 Å². The topological polar surface area (TPSA) is 85.3 Å². The van der Waals surface area contributed by atoms with Gasteiger partial charge in [-0.15, -0.1) is 0 Å². The van der Waals surface area contributed by atoms with Gasteiger partial charge in [-0.3, -0.25) is 0 Å². The lowest BCUT2D eigenvalue weighted by Gasteiger charge is -2.00. The highest BCUT2D eigenvalue weighted by atomic mass is 32.2. The molecular weight excluding hydrogens is 192 g/mol. The highest BCUT2D eigenvalue weighted by molar-refractivity contribution is 7.89. The number of nitrogens with one attached hydrogen (secondary N) is 1. The summed E-state index contributed by atoms with van der Waals surface area (Å²) in [4.78, 5) is 0. The third kappa shape index (κ3) is 2.55. The number of nitrogens with two attached hydrogens (primary N) is 1. The molecule has 1 aromatic heterocycles. The molecule has 1 heterocycles. The number of furan rings is 1. The molecule has 3 N–H and O–H groups in total. The van der Waals surface area contributed by atoms with Gasteiger partial charge >= 0.3 is 0 Å². The first-order chi connectivity index (χ1) is 6.06. The largest absolute Gasteiger partial charge is 0.449 e. The Morgan fingerprint density at radius 3 is 2.69 bits per heavy atom. The van der Waals surface area contributed by atoms with Gasteiger partial charge in [0.15, 0.2) is 0 Å². The highest BCUT2D eigenvalue weighted by Crippen LogP contribution is 2.11. The maximum atomic E-state index is 11.3. The zero-order chi connectivity index (χ0) is 9.90. The molecule has 0 fully saturated rings. The van der Waals surface area contributed by atoms with Crippen LogP contribution in [-0.2, 0) is 10.0 Å². The summed E-state index contributed by atoms with van der Waals surface area (Å²) in [6.07, 6.45) is 0. The molecule has 0 radical (unpaired) electrons. The van der Waals surface area contributed by atoms with E-state index in [9.17, 15) is 8.42 Å². The molecular formula is C7H12N2O3S. The molecule has 0 unspecified atom stereocenters. The molecule has 1 aromatic rings. The summed E-state index contributed by atoms with van der Waals surface area (Å²) in [5.41, 5.74) is 5.16. The van der Waals surface area contributed by atoms with Crippen molar-refractivity contribution in [2.24, 2.45) is 5.73 Å². The number of hydrogen-bond donors (Lipinski definition) is 2. The lowest BCUT2D eigenvalue weighted by Crippen LogP contribution is -2.28. The van der Waals surface area contributed by atoms with Crippen LogP contribution in [0.1, 0.15) is 5.76 Å². The predicted octanol–water partition coefficient (Wildman–Crippen LogP) is -0.175. The Bertz CT molecular complexity index is 369. The second-order valence-electron chi connectivity index (χ2n) is 2.55. The Balaban J connectivity index is 2.82. The van der Waals surface area contributed by atoms with E-state index >= 15 is 0 Å². The maximum Gasteiger partial charge on any atom is 0.274 e. The summed E-state index contributed by atoms with van der Waals surface area (Å²) in [6, 6.07) is 3.01. The first-order valence-corrected chi connectivity index (χ1v) is 5.31. The molecule has 1 rings (SSSR count). The van der Waals surface area contributed by atoms with Crippen LogP contribution in [0, 0.1) is 6.92 Å². The lowest BCUT2D eigenvalue weighted by atomic mass is 10.5. The van der Waals surface area contributed by atoms with E-state index in [1.165, 1.54) is 6.07 Å². The zero-order valence-electron chi connectivity index (χ0n) is 7.28. The molecule has 13 heavy (non-hydrogen) atoms. The van der Waals surface area contributed by atoms with Crippen molar-refractivity contribution in [3.05, 3.63) is 17.9 Å². The molecule has 0 saturated carbocycles. The van der Waals surface area contributed by atoms with Crippen LogP contribution < -0.4 is 10.5 Å². The third-order valence-corrected chi connectivity index (χ3v) is 2.75. The number of sulfonamides is 1. The molecule has 0 aliphatic heterocycles. The monoisotopic (exact) mass is 204 g/mol. The summed E-state index contributed by atoms with van der Waals surface area (Å²) < 4.78 is 29.9. The summed E-state index contributed by atoms with van der Waals surface area (Å²) in [7, 11) is -3.50. The fourth-order valence-corrected chi connectivity index (χ4v) is 1.84. The number of hydrogen-bond acceptors (Lipinski definition) is 4. The van der Waals surface area contributed by atoms with Crippen molar-refractivity contribution in [1.29, 1.82) is 0 Å². The van der Waals surface area contributed by atoms with Crippen molar-refractivity contribution in [2.45, 2.75) is 12.0 Å². The van der Waals surface area contributed by atoms with Crippen LogP contribution in [0.15, 0.2) is 21.6 Å². The van der Waals surface area contributed by atoms with Gasteiger partial charge in [0.2, 0.25) is 5.09 Å². The van der Waals surface area contributed by atoms with E-state index in [4.69, 9.17) is 10.2 Å². The van der Waals surface area contributed by atoms with Gasteiger partial charge in [-0.05, 0) is 19.1 Å². The number of rotatable bonds is 4. The maximum absolute atomic E-state index is 11.3. The van der Waals surface area contributed by atoms with E-state index in [1.807, 2.05) is 0 Å². The van der Waals surface area contributed by atoms with E-state index < -0.39 is 10.0 Å². The van der Waals surface area contributed by atoms with Crippen LogP contribution >= 0.6 is 0 Å². The fraction of sp³-hybridized carbons (Fsp3) is 0.429. The average molecular weight is 204 g/mol. The fourth-order valence-electron chi connectivity index (χ4n) is 0.821. The molecule has 0 aromatic carbocycles. The molecule has 0 spiro atoms. The zero-order valence-corrected chi connectivity index (χ0v) is 8.10. The summed E-state index contributed by atoms with van der Waals surface area (Å²) in [6.45, 7) is 2.16. The second kappa shape index (κ2) is 3.91. The van der Waals surface area contributed by atoms with E-state index in [-0.39, 0.29) is 18.2 Å². The van der Waals surface area contributed by atoms with Gasteiger partial charge in [0.05, 0.1) is 0 Å². The molecule has 0 saturated heterocycles. The predicted molar refractivity (Wildman–Crippen MR) is 47.7 cm³/mol. The molecule has 0 aliphatic carbocycles. The van der Waals surface area contributed by atoms with Crippen molar-refractivity contribution in [1.82, 2.24) is 4.72 Å². The molecule has 6 heteroatoms. The summed E-state index contributed by atoms with van der Waals surface area (Å²) in [5.74, 6) is 0.563. The first kappa shape index (κ1) is 10.2. The Morgan fingerprint density at radius 2 is 2.23 bits per heavy atom.